The number of ketones is 1. The molecule has 0 spiro atoms. The number of benzene rings is 1. The van der Waals surface area contributed by atoms with Crippen molar-refractivity contribution >= 4 is 34.9 Å². The monoisotopic (exact) mass is 444 g/mol. The predicted molar refractivity (Wildman–Crippen MR) is 122 cm³/mol. The van der Waals surface area contributed by atoms with E-state index in [1.165, 1.54) is 6.92 Å². The first-order valence-corrected chi connectivity index (χ1v) is 11.0. The molecule has 0 saturated carbocycles. The fraction of sp³-hybridized carbons (Fsp3) is 0.435. The fourth-order valence-electron chi connectivity index (χ4n) is 4.06. The molecule has 166 valence electrons. The summed E-state index contributed by atoms with van der Waals surface area (Å²) in [5.41, 5.74) is 3.32. The van der Waals surface area contributed by atoms with Gasteiger partial charge in [-0.3, -0.25) is 19.3 Å². The van der Waals surface area contributed by atoms with Crippen LogP contribution in [0.3, 0.4) is 0 Å². The maximum absolute atomic E-state index is 13.2. The zero-order chi connectivity index (χ0) is 22.5. The van der Waals surface area contributed by atoms with Gasteiger partial charge in [0.15, 0.2) is 5.78 Å². The van der Waals surface area contributed by atoms with Gasteiger partial charge in [0.1, 0.15) is 5.69 Å². The largest absolute Gasteiger partial charge is 0.354 e. The smallest absolute Gasteiger partial charge is 0.270 e. The van der Waals surface area contributed by atoms with Crippen molar-refractivity contribution in [3.8, 4) is 0 Å². The van der Waals surface area contributed by atoms with Gasteiger partial charge in [-0.15, -0.1) is 0 Å². The number of halogens is 1. The van der Waals surface area contributed by atoms with Gasteiger partial charge in [0.25, 0.3) is 5.91 Å². The molecule has 2 N–H and O–H groups in total. The summed E-state index contributed by atoms with van der Waals surface area (Å²) in [7, 11) is 0. The number of H-pyrrole nitrogens is 1. The van der Waals surface area contributed by atoms with Crippen molar-refractivity contribution in [2.75, 3.05) is 38.0 Å². The number of para-hydroxylation sites is 1. The van der Waals surface area contributed by atoms with Crippen molar-refractivity contribution in [2.45, 2.75) is 33.6 Å². The number of carbonyl (C=O) groups is 3. The molecule has 0 aliphatic carbocycles. The Labute approximate surface area is 187 Å². The summed E-state index contributed by atoms with van der Waals surface area (Å²) in [6.45, 7) is 7.90. The molecule has 1 aromatic heterocycles. The van der Waals surface area contributed by atoms with Crippen LogP contribution in [0, 0.1) is 6.92 Å². The number of nitrogens with zero attached hydrogens (tertiary/aromatic N) is 2. The minimum absolute atomic E-state index is 0.0226. The number of piperazine rings is 1. The van der Waals surface area contributed by atoms with E-state index in [0.717, 1.165) is 17.7 Å². The van der Waals surface area contributed by atoms with Crippen molar-refractivity contribution in [2.24, 2.45) is 0 Å². The number of anilines is 1. The van der Waals surface area contributed by atoms with Gasteiger partial charge in [0.2, 0.25) is 5.91 Å². The SMILES string of the molecule is CCCc1c(C(=O)N2CCN(CC(=O)Nc3ccccc3Cl)CC2)[nH]c(C)c1C(C)=O. The van der Waals surface area contributed by atoms with Crippen LogP contribution in [0.4, 0.5) is 5.69 Å². The molecule has 3 rings (SSSR count). The molecular weight excluding hydrogens is 416 g/mol. The highest BCUT2D eigenvalue weighted by atomic mass is 35.5. The summed E-state index contributed by atoms with van der Waals surface area (Å²) in [6.07, 6.45) is 1.54. The second-order valence-corrected chi connectivity index (χ2v) is 8.29. The Morgan fingerprint density at radius 2 is 1.81 bits per heavy atom. The van der Waals surface area contributed by atoms with E-state index in [4.69, 9.17) is 11.6 Å². The number of aryl methyl sites for hydroxylation is 1. The molecule has 7 nitrogen and oxygen atoms in total. The van der Waals surface area contributed by atoms with E-state index in [0.29, 0.717) is 54.6 Å². The van der Waals surface area contributed by atoms with E-state index in [9.17, 15) is 14.4 Å². The maximum Gasteiger partial charge on any atom is 0.270 e. The predicted octanol–water partition coefficient (Wildman–Crippen LogP) is 3.53. The van der Waals surface area contributed by atoms with Gasteiger partial charge in [0.05, 0.1) is 17.3 Å². The van der Waals surface area contributed by atoms with Crippen molar-refractivity contribution in [1.82, 2.24) is 14.8 Å². The summed E-state index contributed by atoms with van der Waals surface area (Å²) in [6, 6.07) is 7.12. The zero-order valence-corrected chi connectivity index (χ0v) is 19.0. The minimum atomic E-state index is -0.135. The number of aromatic nitrogens is 1. The number of nitrogens with one attached hydrogen (secondary N) is 2. The summed E-state index contributed by atoms with van der Waals surface area (Å²) in [5, 5.41) is 3.33. The standard InChI is InChI=1S/C23H29ClN4O3/c1-4-7-17-21(16(3)29)15(2)25-22(17)23(31)28-12-10-27(11-13-28)14-20(30)26-19-9-6-5-8-18(19)24/h5-6,8-9,25H,4,7,10-14H2,1-3H3,(H,26,30). The van der Waals surface area contributed by atoms with E-state index in [-0.39, 0.29) is 24.1 Å². The Balaban J connectivity index is 1.60. The molecule has 1 aromatic carbocycles. The highest BCUT2D eigenvalue weighted by molar-refractivity contribution is 6.33. The summed E-state index contributed by atoms with van der Waals surface area (Å²) in [5.74, 6) is -0.242. The van der Waals surface area contributed by atoms with Gasteiger partial charge in [-0.25, -0.2) is 0 Å². The molecule has 1 aliphatic rings. The van der Waals surface area contributed by atoms with Gasteiger partial charge < -0.3 is 15.2 Å². The van der Waals surface area contributed by atoms with Crippen molar-refractivity contribution in [3.63, 3.8) is 0 Å². The molecule has 2 amide bonds. The van der Waals surface area contributed by atoms with Crippen molar-refractivity contribution in [1.29, 1.82) is 0 Å². The third-order valence-electron chi connectivity index (χ3n) is 5.53. The maximum atomic E-state index is 13.2. The fourth-order valence-corrected chi connectivity index (χ4v) is 4.24. The lowest BCUT2D eigenvalue weighted by Crippen LogP contribution is -2.50. The number of amides is 2. The third-order valence-corrected chi connectivity index (χ3v) is 5.86. The van der Waals surface area contributed by atoms with Gasteiger partial charge in [-0.1, -0.05) is 37.1 Å². The molecule has 0 bridgehead atoms. The number of hydrogen-bond donors (Lipinski definition) is 2. The first-order chi connectivity index (χ1) is 14.8. The van der Waals surface area contributed by atoms with Crippen LogP contribution in [-0.2, 0) is 11.2 Å². The Morgan fingerprint density at radius 3 is 2.42 bits per heavy atom. The van der Waals surface area contributed by atoms with E-state index in [2.05, 4.69) is 10.3 Å². The molecule has 8 heteroatoms. The molecule has 2 heterocycles. The van der Waals surface area contributed by atoms with Crippen LogP contribution < -0.4 is 5.32 Å². The normalized spacial score (nSPS) is 14.5. The second-order valence-electron chi connectivity index (χ2n) is 7.88. The van der Waals surface area contributed by atoms with Crippen molar-refractivity contribution < 1.29 is 14.4 Å². The van der Waals surface area contributed by atoms with Gasteiger partial charge in [0, 0.05) is 37.4 Å². The minimum Gasteiger partial charge on any atom is -0.354 e. The first-order valence-electron chi connectivity index (χ1n) is 10.6. The lowest BCUT2D eigenvalue weighted by atomic mass is 10.0. The molecule has 0 unspecified atom stereocenters. The quantitative estimate of drug-likeness (QED) is 0.640. The molecule has 0 radical (unpaired) electrons. The average Bonchev–Trinajstić information content (AvgIpc) is 3.06. The number of carbonyl (C=O) groups excluding carboxylic acids is 3. The van der Waals surface area contributed by atoms with Gasteiger partial charge in [-0.2, -0.15) is 0 Å². The Bertz CT molecular complexity index is 977. The van der Waals surface area contributed by atoms with Crippen LogP contribution in [0.15, 0.2) is 24.3 Å². The average molecular weight is 445 g/mol. The van der Waals surface area contributed by atoms with E-state index in [1.54, 1.807) is 17.0 Å². The first kappa shape index (κ1) is 23.0. The molecule has 2 aromatic rings. The summed E-state index contributed by atoms with van der Waals surface area (Å²) >= 11 is 6.09. The van der Waals surface area contributed by atoms with Gasteiger partial charge in [-0.05, 0) is 38.0 Å². The van der Waals surface area contributed by atoms with Crippen LogP contribution in [-0.4, -0.2) is 65.1 Å². The number of rotatable bonds is 7. The Hall–Kier alpha value is -2.64. The van der Waals surface area contributed by atoms with Crippen LogP contribution in [0.2, 0.25) is 5.02 Å². The highest BCUT2D eigenvalue weighted by Gasteiger charge is 2.28. The van der Waals surface area contributed by atoms with Crippen molar-refractivity contribution in [3.05, 3.63) is 51.8 Å². The van der Waals surface area contributed by atoms with Gasteiger partial charge >= 0.3 is 0 Å². The van der Waals surface area contributed by atoms with Crippen LogP contribution >= 0.6 is 11.6 Å². The summed E-state index contributed by atoms with van der Waals surface area (Å²) < 4.78 is 0. The highest BCUT2D eigenvalue weighted by Crippen LogP contribution is 2.23. The lowest BCUT2D eigenvalue weighted by molar-refractivity contribution is -0.117. The van der Waals surface area contributed by atoms with E-state index in [1.807, 2.05) is 30.9 Å². The molecule has 1 aliphatic heterocycles. The molecule has 1 saturated heterocycles. The third kappa shape index (κ3) is 5.35. The Kier molecular flexibility index (Phi) is 7.51. The van der Waals surface area contributed by atoms with Crippen LogP contribution in [0.5, 0.6) is 0 Å². The zero-order valence-electron chi connectivity index (χ0n) is 18.3. The molecule has 1 fully saturated rings. The van der Waals surface area contributed by atoms with Crippen LogP contribution in [0.25, 0.3) is 0 Å². The topological polar surface area (TPSA) is 85.5 Å². The van der Waals surface area contributed by atoms with E-state index >= 15 is 0 Å². The Morgan fingerprint density at radius 1 is 1.13 bits per heavy atom. The molecule has 0 atom stereocenters. The number of hydrogen-bond acceptors (Lipinski definition) is 4. The summed E-state index contributed by atoms with van der Waals surface area (Å²) in [4.78, 5) is 44.6. The van der Waals surface area contributed by atoms with E-state index < -0.39 is 0 Å². The molecular formula is C23H29ClN4O3. The number of aromatic amines is 1. The number of Topliss-reactive ketones (excluding diaryl/α,β-unsaturated/α-hetero) is 1. The second kappa shape index (κ2) is 10.1. The van der Waals surface area contributed by atoms with Crippen LogP contribution in [0.1, 0.15) is 52.4 Å². The lowest BCUT2D eigenvalue weighted by Gasteiger charge is -2.34. The molecule has 31 heavy (non-hydrogen) atoms.